The molecule has 3 atom stereocenters. The van der Waals surface area contributed by atoms with Crippen LogP contribution >= 0.6 is 0 Å². The predicted molar refractivity (Wildman–Crippen MR) is 120 cm³/mol. The molecule has 0 saturated carbocycles. The number of halogens is 6. The molecule has 3 unspecified atom stereocenters. The Morgan fingerprint density at radius 2 is 1.07 bits per heavy atom. The van der Waals surface area contributed by atoms with Gasteiger partial charge in [-0.25, -0.2) is 9.47 Å². The lowest BCUT2D eigenvalue weighted by molar-refractivity contribution is -0.518. The van der Waals surface area contributed by atoms with Gasteiger partial charge in [0.15, 0.2) is 0 Å². The molecule has 0 spiro atoms. The summed E-state index contributed by atoms with van der Waals surface area (Å²) in [6.45, 7) is -2.75. The molecule has 0 aliphatic carbocycles. The molecule has 0 radical (unpaired) electrons. The van der Waals surface area contributed by atoms with Gasteiger partial charge in [0.2, 0.25) is 0 Å². The molecule has 3 N–H and O–H groups in total. The Hall–Kier alpha value is -1.63. The third kappa shape index (κ3) is 23.1. The van der Waals surface area contributed by atoms with Crippen LogP contribution in [-0.2, 0) is 37.9 Å². The molecule has 0 aromatic rings. The predicted octanol–water partition coefficient (Wildman–Crippen LogP) is 1.04. The second kappa shape index (κ2) is 21.1. The highest BCUT2D eigenvalue weighted by atomic mass is 19.3. The van der Waals surface area contributed by atoms with Crippen LogP contribution in [0.15, 0.2) is 12.7 Å². The largest absolute Gasteiger partial charge is 0.495 e. The van der Waals surface area contributed by atoms with E-state index in [0.717, 1.165) is 0 Å². The first-order valence-corrected chi connectivity index (χ1v) is 11.7. The van der Waals surface area contributed by atoms with Gasteiger partial charge in [-0.1, -0.05) is 6.08 Å². The van der Waals surface area contributed by atoms with E-state index in [1.165, 1.54) is 6.08 Å². The van der Waals surface area contributed by atoms with Crippen LogP contribution in [0.3, 0.4) is 0 Å². The summed E-state index contributed by atoms with van der Waals surface area (Å²) in [4.78, 5) is 0. The summed E-state index contributed by atoms with van der Waals surface area (Å²) in [7, 11) is 0. The lowest BCUT2D eigenvalue weighted by Crippen LogP contribution is -2.44. The molecule has 0 amide bonds. The quantitative estimate of drug-likeness (QED) is 0.0531. The van der Waals surface area contributed by atoms with Crippen LogP contribution < -0.4 is 0 Å². The van der Waals surface area contributed by atoms with Crippen molar-refractivity contribution in [3.63, 3.8) is 0 Å². The highest BCUT2D eigenvalue weighted by Gasteiger charge is 2.52. The van der Waals surface area contributed by atoms with Crippen molar-refractivity contribution < 1.29 is 79.6 Å². The highest BCUT2D eigenvalue weighted by molar-refractivity contribution is 4.67. The van der Waals surface area contributed by atoms with Crippen LogP contribution in [0.5, 0.6) is 0 Å². The van der Waals surface area contributed by atoms with Crippen molar-refractivity contribution in [3.8, 4) is 6.07 Å². The molecule has 0 rings (SSSR count). The number of aliphatic hydroxyl groups excluding tert-OH is 3. The van der Waals surface area contributed by atoms with E-state index in [2.05, 4.69) is 25.5 Å². The molecule has 0 aliphatic rings. The van der Waals surface area contributed by atoms with Crippen LogP contribution in [0.1, 0.15) is 6.42 Å². The Kier molecular flexibility index (Phi) is 20.3. The van der Waals surface area contributed by atoms with E-state index in [0.29, 0.717) is 0 Å². The summed E-state index contributed by atoms with van der Waals surface area (Å²) in [5.74, 6) is 0. The van der Waals surface area contributed by atoms with Crippen molar-refractivity contribution >= 4 is 0 Å². The van der Waals surface area contributed by atoms with Gasteiger partial charge in [0.05, 0.1) is 78.6 Å². The van der Waals surface area contributed by atoms with E-state index in [1.807, 2.05) is 0 Å². The zero-order valence-corrected chi connectivity index (χ0v) is 21.5. The monoisotopic (exact) mass is 603 g/mol. The molecular weight excluding hydrogens is 568 g/mol. The van der Waals surface area contributed by atoms with Crippen molar-refractivity contribution in [2.75, 3.05) is 79.3 Å². The third-order valence-corrected chi connectivity index (χ3v) is 3.90. The molecule has 0 fully saturated rings. The van der Waals surface area contributed by atoms with Gasteiger partial charge in [-0.2, -0.15) is 22.8 Å². The number of rotatable bonds is 27. The van der Waals surface area contributed by atoms with Gasteiger partial charge in [-0.05, 0) is 0 Å². The molecular formula is C22H35F6NO11. The molecule has 40 heavy (non-hydrogen) atoms. The maximum absolute atomic E-state index is 13.6. The molecule has 0 saturated heterocycles. The van der Waals surface area contributed by atoms with Gasteiger partial charge in [0.25, 0.3) is 0 Å². The van der Waals surface area contributed by atoms with Crippen molar-refractivity contribution in [3.05, 3.63) is 12.7 Å². The Bertz CT molecular complexity index is 703. The lowest BCUT2D eigenvalue weighted by atomic mass is 10.4. The molecule has 0 aliphatic heterocycles. The maximum atomic E-state index is 13.6. The van der Waals surface area contributed by atoms with Gasteiger partial charge in [-0.3, -0.25) is 0 Å². The molecule has 12 nitrogen and oxygen atoms in total. The van der Waals surface area contributed by atoms with E-state index in [9.17, 15) is 41.7 Å². The van der Waals surface area contributed by atoms with Crippen LogP contribution in [0.2, 0.25) is 0 Å². The summed E-state index contributed by atoms with van der Waals surface area (Å²) in [5, 5.41) is 36.9. The van der Waals surface area contributed by atoms with Crippen LogP contribution in [0.4, 0.5) is 26.3 Å². The van der Waals surface area contributed by atoms with Gasteiger partial charge in [-0.15, -0.1) is 15.4 Å². The molecule has 18 heteroatoms. The van der Waals surface area contributed by atoms with E-state index in [4.69, 9.17) is 24.2 Å². The fraction of sp³-hybridized carbons (Fsp3) is 0.864. The third-order valence-electron chi connectivity index (χ3n) is 3.90. The van der Waals surface area contributed by atoms with Gasteiger partial charge in [0, 0.05) is 0 Å². The van der Waals surface area contributed by atoms with Crippen molar-refractivity contribution in [1.82, 2.24) is 0 Å². The van der Waals surface area contributed by atoms with Crippen LogP contribution in [0, 0.1) is 11.3 Å². The van der Waals surface area contributed by atoms with E-state index in [-0.39, 0.29) is 52.7 Å². The summed E-state index contributed by atoms with van der Waals surface area (Å²) < 4.78 is 116. The summed E-state index contributed by atoms with van der Waals surface area (Å²) in [5.41, 5.74) is 0. The molecule has 0 aromatic heterocycles. The molecule has 236 valence electrons. The first-order chi connectivity index (χ1) is 18.7. The second-order valence-corrected chi connectivity index (χ2v) is 7.89. The van der Waals surface area contributed by atoms with E-state index in [1.54, 1.807) is 6.07 Å². The number of hydrogen-bond acceptors (Lipinski definition) is 12. The minimum Gasteiger partial charge on any atom is -0.388 e. The first kappa shape index (κ1) is 38.4. The van der Waals surface area contributed by atoms with Crippen molar-refractivity contribution in [2.45, 2.75) is 43.2 Å². The highest BCUT2D eigenvalue weighted by Crippen LogP contribution is 2.33. The standard InChI is InChI=1S/C22H35F6NO11/c1-2-5-33-9-17(30)12-37-13-18(31)11-35-7-8-36-15-20(23,24)39-22(27,28)40-21(25,26)16-38-14-19(32)10-34-6-3-4-29/h2,17-19,30-32H,1,3,5-16H2. The number of ether oxygens (including phenoxy) is 8. The zero-order valence-electron chi connectivity index (χ0n) is 21.5. The van der Waals surface area contributed by atoms with Gasteiger partial charge >= 0.3 is 18.5 Å². The van der Waals surface area contributed by atoms with E-state index < -0.39 is 69.9 Å². The average Bonchev–Trinajstić information content (AvgIpc) is 2.82. The minimum atomic E-state index is -5.45. The summed E-state index contributed by atoms with van der Waals surface area (Å²) in [6.07, 6.45) is -17.0. The Balaban J connectivity index is 4.11. The first-order valence-electron chi connectivity index (χ1n) is 11.7. The summed E-state index contributed by atoms with van der Waals surface area (Å²) >= 11 is 0. The maximum Gasteiger partial charge on any atom is 0.495 e. The summed E-state index contributed by atoms with van der Waals surface area (Å²) in [6, 6.07) is 1.75. The number of hydrogen-bond donors (Lipinski definition) is 3. The fourth-order valence-corrected chi connectivity index (χ4v) is 2.38. The van der Waals surface area contributed by atoms with Gasteiger partial charge < -0.3 is 43.7 Å². The van der Waals surface area contributed by atoms with Crippen molar-refractivity contribution in [1.29, 1.82) is 5.26 Å². The van der Waals surface area contributed by atoms with E-state index >= 15 is 0 Å². The number of alkyl halides is 6. The second-order valence-electron chi connectivity index (χ2n) is 7.89. The van der Waals surface area contributed by atoms with Crippen LogP contribution in [0.25, 0.3) is 0 Å². The minimum absolute atomic E-state index is 0.00725. The lowest BCUT2D eigenvalue weighted by Gasteiger charge is -2.26. The Morgan fingerprint density at radius 1 is 0.650 bits per heavy atom. The Labute approximate surface area is 226 Å². The number of nitriles is 1. The number of aliphatic hydroxyl groups is 3. The molecule has 0 aromatic carbocycles. The Morgan fingerprint density at radius 3 is 1.60 bits per heavy atom. The molecule has 0 heterocycles. The zero-order chi connectivity index (χ0) is 30.5. The van der Waals surface area contributed by atoms with Gasteiger partial charge in [0.1, 0.15) is 31.5 Å². The molecule has 0 bridgehead atoms. The number of nitrogens with zero attached hydrogens (tertiary/aromatic N) is 1. The van der Waals surface area contributed by atoms with Crippen LogP contribution in [-0.4, -0.2) is 131 Å². The SMILES string of the molecule is C=CCOCC(O)COCC(O)COCCOCC(F)(F)OC(F)(F)OC(F)(F)COCC(O)COCCC#N. The fourth-order valence-electron chi connectivity index (χ4n) is 2.38. The topological polar surface area (TPSA) is 158 Å². The van der Waals surface area contributed by atoms with Crippen molar-refractivity contribution in [2.24, 2.45) is 0 Å². The average molecular weight is 604 g/mol. The normalized spacial score (nSPS) is 15.0. The smallest absolute Gasteiger partial charge is 0.388 e.